The molecule has 1 rings (SSSR count). The molecule has 0 radical (unpaired) electrons. The van der Waals surface area contributed by atoms with Gasteiger partial charge in [-0.2, -0.15) is 0 Å². The third-order valence-corrected chi connectivity index (χ3v) is 4.93. The Kier molecular flexibility index (Phi) is 4.58. The molecule has 0 aliphatic heterocycles. The van der Waals surface area contributed by atoms with Crippen molar-refractivity contribution < 1.29 is 18.7 Å². The first-order chi connectivity index (χ1) is 6.59. The van der Waals surface area contributed by atoms with Crippen LogP contribution in [0.3, 0.4) is 0 Å². The van der Waals surface area contributed by atoms with Crippen LogP contribution in [0.5, 0.6) is 0 Å². The maximum absolute atomic E-state index is 11.8. The van der Waals surface area contributed by atoms with E-state index in [9.17, 15) is 9.67 Å². The molecule has 84 valence electrons. The topological polar surface area (TPSA) is 55.8 Å². The van der Waals surface area contributed by atoms with Crippen molar-refractivity contribution in [2.45, 2.75) is 31.8 Å². The fourth-order valence-corrected chi connectivity index (χ4v) is 3.31. The largest absolute Gasteiger partial charge is 0.393 e. The van der Waals surface area contributed by atoms with E-state index in [1.807, 2.05) is 0 Å². The smallest absolute Gasteiger partial charge is 0.330 e. The van der Waals surface area contributed by atoms with Gasteiger partial charge in [-0.05, 0) is 31.6 Å². The van der Waals surface area contributed by atoms with E-state index in [1.165, 1.54) is 14.2 Å². The predicted molar refractivity (Wildman–Crippen MR) is 54.5 cm³/mol. The van der Waals surface area contributed by atoms with Gasteiger partial charge in [-0.3, -0.25) is 4.57 Å². The fraction of sp³-hybridized carbons (Fsp3) is 1.00. The summed E-state index contributed by atoms with van der Waals surface area (Å²) in [6.45, 7) is 0. The molecule has 0 aromatic rings. The van der Waals surface area contributed by atoms with Gasteiger partial charge in [-0.1, -0.05) is 0 Å². The third-order valence-electron chi connectivity index (χ3n) is 2.85. The molecule has 0 aromatic carbocycles. The van der Waals surface area contributed by atoms with Crippen molar-refractivity contribution >= 4 is 7.60 Å². The zero-order valence-electron chi connectivity index (χ0n) is 8.81. The maximum atomic E-state index is 11.8. The molecule has 0 atom stereocenters. The molecule has 4 nitrogen and oxygen atoms in total. The Balaban J connectivity index is 2.40. The van der Waals surface area contributed by atoms with Gasteiger partial charge in [0.15, 0.2) is 0 Å². The number of hydrogen-bond donors (Lipinski definition) is 1. The van der Waals surface area contributed by atoms with Crippen molar-refractivity contribution in [1.29, 1.82) is 0 Å². The lowest BCUT2D eigenvalue weighted by Gasteiger charge is -2.27. The van der Waals surface area contributed by atoms with Gasteiger partial charge in [0.1, 0.15) is 0 Å². The van der Waals surface area contributed by atoms with Gasteiger partial charge in [0, 0.05) is 14.2 Å². The summed E-state index contributed by atoms with van der Waals surface area (Å²) in [7, 11) is -0.0138. The lowest BCUT2D eigenvalue weighted by molar-refractivity contribution is 0.111. The van der Waals surface area contributed by atoms with Crippen molar-refractivity contribution in [1.82, 2.24) is 0 Å². The van der Waals surface area contributed by atoms with Crippen molar-refractivity contribution in [2.24, 2.45) is 5.92 Å². The molecule has 1 aliphatic carbocycles. The van der Waals surface area contributed by atoms with Crippen LogP contribution in [0.25, 0.3) is 0 Å². The molecule has 0 amide bonds. The van der Waals surface area contributed by atoms with E-state index in [2.05, 4.69) is 0 Å². The average molecular weight is 222 g/mol. The van der Waals surface area contributed by atoms with Crippen molar-refractivity contribution in [3.05, 3.63) is 0 Å². The zero-order chi connectivity index (χ0) is 10.6. The Bertz CT molecular complexity index is 203. The standard InChI is InChI=1S/C9H19O4P/c1-12-14(11,13-2)7-8-3-5-9(10)6-4-8/h8-10H,3-7H2,1-2H3. The summed E-state index contributed by atoms with van der Waals surface area (Å²) in [6.07, 6.45) is 3.74. The lowest BCUT2D eigenvalue weighted by atomic mass is 9.89. The van der Waals surface area contributed by atoms with Gasteiger partial charge < -0.3 is 14.2 Å². The molecule has 1 N–H and O–H groups in total. The van der Waals surface area contributed by atoms with Crippen LogP contribution in [0.4, 0.5) is 0 Å². The number of aliphatic hydroxyl groups excluding tert-OH is 1. The second kappa shape index (κ2) is 5.26. The lowest BCUT2D eigenvalue weighted by Crippen LogP contribution is -2.21. The fourth-order valence-electron chi connectivity index (χ4n) is 1.87. The van der Waals surface area contributed by atoms with Gasteiger partial charge in [0.2, 0.25) is 0 Å². The Labute approximate surface area is 85.1 Å². The molecule has 0 heterocycles. The van der Waals surface area contributed by atoms with Crippen LogP contribution in [0.2, 0.25) is 0 Å². The summed E-state index contributed by atoms with van der Waals surface area (Å²) in [5, 5.41) is 9.31. The first-order valence-corrected chi connectivity index (χ1v) is 6.71. The third kappa shape index (κ3) is 3.35. The molecule has 0 saturated heterocycles. The van der Waals surface area contributed by atoms with Crippen LogP contribution in [0, 0.1) is 5.92 Å². The molecule has 0 unspecified atom stereocenters. The van der Waals surface area contributed by atoms with Gasteiger partial charge in [0.25, 0.3) is 0 Å². The highest BCUT2D eigenvalue weighted by Gasteiger charge is 2.29. The van der Waals surface area contributed by atoms with Crippen LogP contribution >= 0.6 is 7.60 Å². The molecule has 0 spiro atoms. The molecule has 5 heteroatoms. The van der Waals surface area contributed by atoms with Gasteiger partial charge in [0.05, 0.1) is 12.3 Å². The predicted octanol–water partition coefficient (Wildman–Crippen LogP) is 2.02. The second-order valence-corrected chi connectivity index (χ2v) is 6.15. The summed E-state index contributed by atoms with van der Waals surface area (Å²) in [6, 6.07) is 0. The Morgan fingerprint density at radius 3 is 2.14 bits per heavy atom. The van der Waals surface area contributed by atoms with E-state index < -0.39 is 7.60 Å². The van der Waals surface area contributed by atoms with E-state index in [4.69, 9.17) is 9.05 Å². The van der Waals surface area contributed by atoms with Crippen LogP contribution < -0.4 is 0 Å². The first kappa shape index (κ1) is 12.2. The first-order valence-electron chi connectivity index (χ1n) is 4.98. The van der Waals surface area contributed by atoms with Gasteiger partial charge >= 0.3 is 7.60 Å². The summed E-state index contributed by atoms with van der Waals surface area (Å²) >= 11 is 0. The highest BCUT2D eigenvalue weighted by Crippen LogP contribution is 2.49. The molecule has 0 bridgehead atoms. The van der Waals surface area contributed by atoms with Crippen LogP contribution in [-0.4, -0.2) is 31.6 Å². The van der Waals surface area contributed by atoms with Crippen LogP contribution in [0.1, 0.15) is 25.7 Å². The Morgan fingerprint density at radius 1 is 1.21 bits per heavy atom. The summed E-state index contributed by atoms with van der Waals surface area (Å²) < 4.78 is 21.6. The molecule has 14 heavy (non-hydrogen) atoms. The average Bonchev–Trinajstić information content (AvgIpc) is 2.21. The van der Waals surface area contributed by atoms with Crippen molar-refractivity contribution in [3.8, 4) is 0 Å². The minimum absolute atomic E-state index is 0.171. The highest BCUT2D eigenvalue weighted by molar-refractivity contribution is 7.53. The molecule has 1 aliphatic rings. The van der Waals surface area contributed by atoms with E-state index in [0.29, 0.717) is 12.1 Å². The van der Waals surface area contributed by atoms with Crippen molar-refractivity contribution in [3.63, 3.8) is 0 Å². The molecule has 0 aromatic heterocycles. The SMILES string of the molecule is COP(=O)(CC1CCC(O)CC1)OC. The summed E-state index contributed by atoms with van der Waals surface area (Å²) in [4.78, 5) is 0. The van der Waals surface area contributed by atoms with E-state index >= 15 is 0 Å². The summed E-state index contributed by atoms with van der Waals surface area (Å²) in [5.74, 6) is 0.365. The zero-order valence-corrected chi connectivity index (χ0v) is 9.70. The second-order valence-electron chi connectivity index (χ2n) is 3.83. The van der Waals surface area contributed by atoms with E-state index in [0.717, 1.165) is 25.7 Å². The molecule has 1 fully saturated rings. The normalized spacial score (nSPS) is 29.1. The Morgan fingerprint density at radius 2 is 1.71 bits per heavy atom. The minimum Gasteiger partial charge on any atom is -0.393 e. The molecular formula is C9H19O4P. The minimum atomic E-state index is -2.85. The van der Waals surface area contributed by atoms with Gasteiger partial charge in [-0.25, -0.2) is 0 Å². The van der Waals surface area contributed by atoms with Crippen LogP contribution in [-0.2, 0) is 13.6 Å². The molecule has 1 saturated carbocycles. The van der Waals surface area contributed by atoms with Gasteiger partial charge in [-0.15, -0.1) is 0 Å². The van der Waals surface area contributed by atoms with Crippen molar-refractivity contribution in [2.75, 3.05) is 20.4 Å². The number of rotatable bonds is 4. The monoisotopic (exact) mass is 222 g/mol. The summed E-state index contributed by atoms with van der Waals surface area (Å²) in [5.41, 5.74) is 0. The maximum Gasteiger partial charge on any atom is 0.330 e. The van der Waals surface area contributed by atoms with E-state index in [1.54, 1.807) is 0 Å². The number of hydrogen-bond acceptors (Lipinski definition) is 4. The quantitative estimate of drug-likeness (QED) is 0.739. The van der Waals surface area contributed by atoms with E-state index in [-0.39, 0.29) is 6.10 Å². The molecular weight excluding hydrogens is 203 g/mol. The van der Waals surface area contributed by atoms with Crippen LogP contribution in [0.15, 0.2) is 0 Å². The highest BCUT2D eigenvalue weighted by atomic mass is 31.2. The number of aliphatic hydroxyl groups is 1. The Hall–Kier alpha value is 0.110.